The largest absolute Gasteiger partial charge is 0.476 e. The maximum Gasteiger partial charge on any atom is 0.218 e. The summed E-state index contributed by atoms with van der Waals surface area (Å²) in [5, 5.41) is 3.07. The average molecular weight is 278 g/mol. The first-order chi connectivity index (χ1) is 9.72. The van der Waals surface area contributed by atoms with Crippen molar-refractivity contribution in [3.63, 3.8) is 0 Å². The molecule has 1 aliphatic rings. The molecule has 1 aliphatic heterocycles. The zero-order valence-electron chi connectivity index (χ0n) is 12.9. The number of ether oxygens (including phenoxy) is 1. The number of likely N-dealkylation sites (N-methyl/N-ethyl adjacent to an activating group) is 1. The molecule has 0 spiro atoms. The van der Waals surface area contributed by atoms with E-state index < -0.39 is 0 Å². The minimum atomic E-state index is 0.506. The van der Waals surface area contributed by atoms with E-state index in [1.165, 1.54) is 25.8 Å². The number of hydrogen-bond acceptors (Lipinski definition) is 5. The number of rotatable bonds is 6. The van der Waals surface area contributed by atoms with Gasteiger partial charge in [0.15, 0.2) is 0 Å². The molecule has 1 saturated heterocycles. The first kappa shape index (κ1) is 15.0. The molecule has 1 unspecified atom stereocenters. The van der Waals surface area contributed by atoms with E-state index in [0.29, 0.717) is 18.5 Å². The molecule has 1 atom stereocenters. The van der Waals surface area contributed by atoms with Crippen molar-refractivity contribution in [2.45, 2.75) is 45.1 Å². The van der Waals surface area contributed by atoms with Crippen molar-refractivity contribution in [2.75, 3.05) is 32.6 Å². The molecule has 5 heteroatoms. The summed E-state index contributed by atoms with van der Waals surface area (Å²) in [5.41, 5.74) is 0. The predicted molar refractivity (Wildman–Crippen MR) is 81.3 cm³/mol. The fourth-order valence-electron chi connectivity index (χ4n) is 2.55. The molecule has 0 radical (unpaired) electrons. The third-order valence-electron chi connectivity index (χ3n) is 3.82. The Bertz CT molecular complexity index is 424. The fourth-order valence-corrected chi connectivity index (χ4v) is 2.55. The summed E-state index contributed by atoms with van der Waals surface area (Å²) in [6.45, 7) is 4.01. The number of likely N-dealkylation sites (tertiary alicyclic amines) is 1. The minimum absolute atomic E-state index is 0.506. The highest BCUT2D eigenvalue weighted by molar-refractivity contribution is 5.37. The van der Waals surface area contributed by atoms with Crippen molar-refractivity contribution >= 4 is 5.82 Å². The van der Waals surface area contributed by atoms with Crippen LogP contribution >= 0.6 is 0 Å². The standard InChI is InChI=1S/C15H26N4O/c1-4-7-13-17-14(16-2)10-15(18-13)20-11-12-8-5-6-9-19(12)3/h10,12H,4-9,11H2,1-3H3,(H,16,17,18). The van der Waals surface area contributed by atoms with Crippen LogP contribution in [0, 0.1) is 0 Å². The van der Waals surface area contributed by atoms with E-state index in [-0.39, 0.29) is 0 Å². The molecule has 0 aromatic carbocycles. The first-order valence-corrected chi connectivity index (χ1v) is 7.61. The molecule has 112 valence electrons. The van der Waals surface area contributed by atoms with Crippen molar-refractivity contribution in [1.29, 1.82) is 0 Å². The molecule has 1 aromatic heterocycles. The zero-order valence-corrected chi connectivity index (χ0v) is 12.9. The van der Waals surface area contributed by atoms with Crippen LogP contribution in [0.15, 0.2) is 6.07 Å². The van der Waals surface area contributed by atoms with Crippen LogP contribution in [0.3, 0.4) is 0 Å². The van der Waals surface area contributed by atoms with Crippen LogP contribution in [0.25, 0.3) is 0 Å². The number of nitrogens with zero attached hydrogens (tertiary/aromatic N) is 3. The molecule has 0 saturated carbocycles. The summed E-state index contributed by atoms with van der Waals surface area (Å²) in [7, 11) is 4.05. The SMILES string of the molecule is CCCc1nc(NC)cc(OCC2CCCCN2C)n1. The Hall–Kier alpha value is -1.36. The Balaban J connectivity index is 1.98. The molecular formula is C15H26N4O. The zero-order chi connectivity index (χ0) is 14.4. The van der Waals surface area contributed by atoms with E-state index in [4.69, 9.17) is 4.74 Å². The quantitative estimate of drug-likeness (QED) is 0.865. The number of anilines is 1. The van der Waals surface area contributed by atoms with Gasteiger partial charge in [-0.3, -0.25) is 0 Å². The summed E-state index contributed by atoms with van der Waals surface area (Å²) in [5.74, 6) is 2.37. The van der Waals surface area contributed by atoms with E-state index in [1.54, 1.807) is 0 Å². The maximum absolute atomic E-state index is 5.91. The third-order valence-corrected chi connectivity index (χ3v) is 3.82. The summed E-state index contributed by atoms with van der Waals surface area (Å²) < 4.78 is 5.91. The van der Waals surface area contributed by atoms with Crippen molar-refractivity contribution < 1.29 is 4.74 Å². The Morgan fingerprint density at radius 3 is 2.95 bits per heavy atom. The molecule has 20 heavy (non-hydrogen) atoms. The van der Waals surface area contributed by atoms with E-state index in [9.17, 15) is 0 Å². The Morgan fingerprint density at radius 1 is 1.40 bits per heavy atom. The van der Waals surface area contributed by atoms with E-state index in [1.807, 2.05) is 13.1 Å². The van der Waals surface area contributed by atoms with Crippen LogP contribution in [0.1, 0.15) is 38.4 Å². The number of nitrogens with one attached hydrogen (secondary N) is 1. The number of hydrogen-bond donors (Lipinski definition) is 1. The molecule has 1 fully saturated rings. The highest BCUT2D eigenvalue weighted by Crippen LogP contribution is 2.18. The van der Waals surface area contributed by atoms with Crippen molar-refractivity contribution in [2.24, 2.45) is 0 Å². The molecule has 1 aromatic rings. The Labute approximate surface area is 121 Å². The van der Waals surface area contributed by atoms with Gasteiger partial charge in [0.2, 0.25) is 5.88 Å². The van der Waals surface area contributed by atoms with E-state index in [0.717, 1.165) is 24.5 Å². The van der Waals surface area contributed by atoms with Gasteiger partial charge in [0, 0.05) is 25.6 Å². The molecule has 0 amide bonds. The van der Waals surface area contributed by atoms with Crippen molar-refractivity contribution in [3.8, 4) is 5.88 Å². The number of aryl methyl sites for hydroxylation is 1. The monoisotopic (exact) mass is 278 g/mol. The van der Waals surface area contributed by atoms with Gasteiger partial charge >= 0.3 is 0 Å². The van der Waals surface area contributed by atoms with Gasteiger partial charge < -0.3 is 15.0 Å². The van der Waals surface area contributed by atoms with Gasteiger partial charge in [-0.15, -0.1) is 0 Å². The van der Waals surface area contributed by atoms with Gasteiger partial charge in [-0.05, 0) is 32.9 Å². The van der Waals surface area contributed by atoms with E-state index >= 15 is 0 Å². The Morgan fingerprint density at radius 2 is 2.25 bits per heavy atom. The third kappa shape index (κ3) is 4.07. The lowest BCUT2D eigenvalue weighted by Crippen LogP contribution is -2.40. The van der Waals surface area contributed by atoms with Crippen molar-refractivity contribution in [1.82, 2.24) is 14.9 Å². The second-order valence-electron chi connectivity index (χ2n) is 5.45. The van der Waals surface area contributed by atoms with Gasteiger partial charge in [-0.2, -0.15) is 4.98 Å². The van der Waals surface area contributed by atoms with Crippen LogP contribution < -0.4 is 10.1 Å². The lowest BCUT2D eigenvalue weighted by molar-refractivity contribution is 0.122. The smallest absolute Gasteiger partial charge is 0.218 e. The van der Waals surface area contributed by atoms with E-state index in [2.05, 4.69) is 34.2 Å². The summed E-state index contributed by atoms with van der Waals surface area (Å²) >= 11 is 0. The number of aromatic nitrogens is 2. The van der Waals surface area contributed by atoms with Crippen LogP contribution in [-0.4, -0.2) is 48.2 Å². The van der Waals surface area contributed by atoms with Gasteiger partial charge in [0.25, 0.3) is 0 Å². The van der Waals surface area contributed by atoms with Crippen LogP contribution in [0.5, 0.6) is 5.88 Å². The molecular weight excluding hydrogens is 252 g/mol. The highest BCUT2D eigenvalue weighted by atomic mass is 16.5. The topological polar surface area (TPSA) is 50.3 Å². The minimum Gasteiger partial charge on any atom is -0.476 e. The van der Waals surface area contributed by atoms with Gasteiger partial charge in [-0.1, -0.05) is 13.3 Å². The molecule has 2 rings (SSSR count). The fraction of sp³-hybridized carbons (Fsp3) is 0.733. The van der Waals surface area contributed by atoms with Crippen LogP contribution in [-0.2, 0) is 6.42 Å². The van der Waals surface area contributed by atoms with Gasteiger partial charge in [-0.25, -0.2) is 4.98 Å². The van der Waals surface area contributed by atoms with Crippen LogP contribution in [0.4, 0.5) is 5.82 Å². The lowest BCUT2D eigenvalue weighted by atomic mass is 10.0. The summed E-state index contributed by atoms with van der Waals surface area (Å²) in [4.78, 5) is 11.3. The molecule has 0 bridgehead atoms. The molecule has 5 nitrogen and oxygen atoms in total. The average Bonchev–Trinajstić information content (AvgIpc) is 2.46. The van der Waals surface area contributed by atoms with Gasteiger partial charge in [0.1, 0.15) is 18.2 Å². The molecule has 2 heterocycles. The Kier molecular flexibility index (Phi) is 5.59. The van der Waals surface area contributed by atoms with Crippen LogP contribution in [0.2, 0.25) is 0 Å². The second-order valence-corrected chi connectivity index (χ2v) is 5.45. The first-order valence-electron chi connectivity index (χ1n) is 7.61. The molecule has 0 aliphatic carbocycles. The van der Waals surface area contributed by atoms with Gasteiger partial charge in [0.05, 0.1) is 0 Å². The lowest BCUT2D eigenvalue weighted by Gasteiger charge is -2.31. The normalized spacial score (nSPS) is 19.9. The second kappa shape index (κ2) is 7.43. The van der Waals surface area contributed by atoms with Crippen molar-refractivity contribution in [3.05, 3.63) is 11.9 Å². The summed E-state index contributed by atoms with van der Waals surface area (Å²) in [6, 6.07) is 2.38. The number of piperidine rings is 1. The molecule has 1 N–H and O–H groups in total. The predicted octanol–water partition coefficient (Wildman–Crippen LogP) is 2.33. The summed E-state index contributed by atoms with van der Waals surface area (Å²) in [6.07, 6.45) is 5.73. The highest BCUT2D eigenvalue weighted by Gasteiger charge is 2.19. The maximum atomic E-state index is 5.91.